The maximum Gasteiger partial charge on any atom is 0.371 e. The molecule has 1 fully saturated rings. The molecule has 1 aliphatic rings. The van der Waals surface area contributed by atoms with Gasteiger partial charge in [0.15, 0.2) is 5.88 Å². The van der Waals surface area contributed by atoms with Gasteiger partial charge in [0, 0.05) is 19.2 Å². The topological polar surface area (TPSA) is 53.7 Å². The minimum Gasteiger partial charge on any atom is -0.475 e. The minimum absolute atomic E-state index is 0.0190. The molecule has 1 aromatic rings. The minimum atomic E-state index is -1.01. The van der Waals surface area contributed by atoms with Gasteiger partial charge in [0.25, 0.3) is 0 Å². The summed E-state index contributed by atoms with van der Waals surface area (Å²) < 4.78 is 5.21. The molecule has 4 heteroatoms. The van der Waals surface area contributed by atoms with Gasteiger partial charge in [-0.2, -0.15) is 0 Å². The van der Waals surface area contributed by atoms with Crippen molar-refractivity contribution >= 4 is 11.9 Å². The Morgan fingerprint density at radius 3 is 2.57 bits per heavy atom. The molecule has 4 nitrogen and oxygen atoms in total. The molecule has 0 bridgehead atoms. The number of carboxylic acid groups (broad SMARTS) is 1. The van der Waals surface area contributed by atoms with Crippen LogP contribution < -0.4 is 4.90 Å². The fraction of sp³-hybridized carbons (Fsp3) is 0.500. The van der Waals surface area contributed by atoms with Crippen molar-refractivity contribution in [2.45, 2.75) is 19.3 Å². The number of rotatable bonds is 2. The van der Waals surface area contributed by atoms with Gasteiger partial charge in [-0.05, 0) is 25.3 Å². The SMILES string of the molecule is O=C(O)c1ccc(N2CCCCC2)o1. The Kier molecular flexibility index (Phi) is 2.43. The van der Waals surface area contributed by atoms with Gasteiger partial charge in [0.1, 0.15) is 0 Å². The summed E-state index contributed by atoms with van der Waals surface area (Å²) in [5.74, 6) is -0.305. The van der Waals surface area contributed by atoms with Gasteiger partial charge in [0.05, 0.1) is 0 Å². The van der Waals surface area contributed by atoms with Crippen LogP contribution in [0.25, 0.3) is 0 Å². The van der Waals surface area contributed by atoms with Crippen molar-refractivity contribution in [1.82, 2.24) is 0 Å². The highest BCUT2D eigenvalue weighted by Gasteiger charge is 2.16. The van der Waals surface area contributed by atoms with Crippen molar-refractivity contribution in [3.63, 3.8) is 0 Å². The molecule has 14 heavy (non-hydrogen) atoms. The number of carboxylic acids is 1. The van der Waals surface area contributed by atoms with E-state index in [0.29, 0.717) is 5.88 Å². The summed E-state index contributed by atoms with van der Waals surface area (Å²) in [5.41, 5.74) is 0. The van der Waals surface area contributed by atoms with E-state index >= 15 is 0 Å². The Hall–Kier alpha value is -1.45. The molecule has 76 valence electrons. The van der Waals surface area contributed by atoms with Gasteiger partial charge < -0.3 is 14.4 Å². The first kappa shape index (κ1) is 9.12. The fourth-order valence-electron chi connectivity index (χ4n) is 1.73. The van der Waals surface area contributed by atoms with Crippen molar-refractivity contribution in [3.8, 4) is 0 Å². The zero-order valence-electron chi connectivity index (χ0n) is 7.90. The first-order chi connectivity index (χ1) is 6.77. The lowest BCUT2D eigenvalue weighted by molar-refractivity contribution is 0.0663. The second-order valence-corrected chi connectivity index (χ2v) is 3.49. The molecule has 0 saturated carbocycles. The van der Waals surface area contributed by atoms with Crippen LogP contribution in [0.1, 0.15) is 29.8 Å². The highest BCUT2D eigenvalue weighted by atomic mass is 16.4. The lowest BCUT2D eigenvalue weighted by atomic mass is 10.1. The summed E-state index contributed by atoms with van der Waals surface area (Å²) in [4.78, 5) is 12.7. The third kappa shape index (κ3) is 1.73. The van der Waals surface area contributed by atoms with Crippen LogP contribution >= 0.6 is 0 Å². The van der Waals surface area contributed by atoms with Crippen LogP contribution in [-0.2, 0) is 0 Å². The lowest BCUT2D eigenvalue weighted by Crippen LogP contribution is -2.28. The van der Waals surface area contributed by atoms with Crippen LogP contribution in [0.2, 0.25) is 0 Å². The largest absolute Gasteiger partial charge is 0.475 e. The smallest absolute Gasteiger partial charge is 0.371 e. The first-order valence-electron chi connectivity index (χ1n) is 4.85. The van der Waals surface area contributed by atoms with Crippen molar-refractivity contribution in [2.75, 3.05) is 18.0 Å². The van der Waals surface area contributed by atoms with E-state index in [1.54, 1.807) is 6.07 Å². The van der Waals surface area contributed by atoms with E-state index < -0.39 is 5.97 Å². The molecular formula is C10H13NO3. The summed E-state index contributed by atoms with van der Waals surface area (Å²) in [6, 6.07) is 3.24. The maximum atomic E-state index is 10.6. The summed E-state index contributed by atoms with van der Waals surface area (Å²) in [6.07, 6.45) is 3.56. The van der Waals surface area contributed by atoms with Gasteiger partial charge in [-0.1, -0.05) is 0 Å². The number of aromatic carboxylic acids is 1. The summed E-state index contributed by atoms with van der Waals surface area (Å²) in [5, 5.41) is 8.68. The van der Waals surface area contributed by atoms with Crippen LogP contribution in [0.3, 0.4) is 0 Å². The van der Waals surface area contributed by atoms with Crippen LogP contribution in [0.15, 0.2) is 16.5 Å². The molecule has 1 N–H and O–H groups in total. The number of anilines is 1. The van der Waals surface area contributed by atoms with Gasteiger partial charge in [-0.15, -0.1) is 0 Å². The Bertz CT molecular complexity index is 326. The number of furan rings is 1. The Labute approximate surface area is 82.1 Å². The predicted octanol–water partition coefficient (Wildman–Crippen LogP) is 1.97. The summed E-state index contributed by atoms with van der Waals surface area (Å²) in [7, 11) is 0. The Morgan fingerprint density at radius 1 is 1.29 bits per heavy atom. The van der Waals surface area contributed by atoms with Gasteiger partial charge in [-0.25, -0.2) is 4.79 Å². The molecule has 0 unspecified atom stereocenters. The predicted molar refractivity (Wildman–Crippen MR) is 51.7 cm³/mol. The monoisotopic (exact) mass is 195 g/mol. The fourth-order valence-corrected chi connectivity index (χ4v) is 1.73. The van der Waals surface area contributed by atoms with Crippen LogP contribution in [-0.4, -0.2) is 24.2 Å². The van der Waals surface area contributed by atoms with Crippen LogP contribution in [0.5, 0.6) is 0 Å². The molecule has 1 aromatic heterocycles. The average molecular weight is 195 g/mol. The second-order valence-electron chi connectivity index (χ2n) is 3.49. The van der Waals surface area contributed by atoms with Crippen molar-refractivity contribution in [3.05, 3.63) is 17.9 Å². The van der Waals surface area contributed by atoms with Crippen molar-refractivity contribution in [1.29, 1.82) is 0 Å². The second kappa shape index (κ2) is 3.74. The zero-order valence-corrected chi connectivity index (χ0v) is 7.90. The standard InChI is InChI=1S/C10H13NO3/c12-10(13)8-4-5-9(14-8)11-6-2-1-3-7-11/h4-5H,1-3,6-7H2,(H,12,13). The average Bonchev–Trinajstić information content (AvgIpc) is 2.68. The molecule has 0 spiro atoms. The molecule has 1 saturated heterocycles. The van der Waals surface area contributed by atoms with E-state index in [2.05, 4.69) is 4.90 Å². The van der Waals surface area contributed by atoms with Crippen LogP contribution in [0, 0.1) is 0 Å². The van der Waals surface area contributed by atoms with Gasteiger partial charge >= 0.3 is 5.97 Å². The third-order valence-corrected chi connectivity index (χ3v) is 2.47. The number of hydrogen-bond donors (Lipinski definition) is 1. The maximum absolute atomic E-state index is 10.6. The van der Waals surface area contributed by atoms with E-state index in [1.807, 2.05) is 0 Å². The Balaban J connectivity index is 2.11. The molecule has 0 aliphatic carbocycles. The highest BCUT2D eigenvalue weighted by Crippen LogP contribution is 2.22. The summed E-state index contributed by atoms with van der Waals surface area (Å²) >= 11 is 0. The van der Waals surface area contributed by atoms with E-state index in [0.717, 1.165) is 25.9 Å². The number of piperidine rings is 1. The lowest BCUT2D eigenvalue weighted by Gasteiger charge is -2.25. The highest BCUT2D eigenvalue weighted by molar-refractivity contribution is 5.84. The van der Waals surface area contributed by atoms with Gasteiger partial charge in [0.2, 0.25) is 5.76 Å². The molecule has 0 aromatic carbocycles. The number of carbonyl (C=O) groups is 1. The number of hydrogen-bond acceptors (Lipinski definition) is 3. The molecule has 2 rings (SSSR count). The molecule has 2 heterocycles. The number of nitrogens with zero attached hydrogens (tertiary/aromatic N) is 1. The summed E-state index contributed by atoms with van der Waals surface area (Å²) in [6.45, 7) is 1.93. The molecular weight excluding hydrogens is 182 g/mol. The van der Waals surface area contributed by atoms with E-state index in [-0.39, 0.29) is 5.76 Å². The van der Waals surface area contributed by atoms with Crippen molar-refractivity contribution < 1.29 is 14.3 Å². The zero-order chi connectivity index (χ0) is 9.97. The van der Waals surface area contributed by atoms with E-state index in [1.165, 1.54) is 12.5 Å². The normalized spacial score (nSPS) is 17.0. The third-order valence-electron chi connectivity index (χ3n) is 2.47. The molecule has 0 atom stereocenters. The van der Waals surface area contributed by atoms with Crippen LogP contribution in [0.4, 0.5) is 5.88 Å². The molecule has 0 radical (unpaired) electrons. The van der Waals surface area contributed by atoms with E-state index in [9.17, 15) is 4.79 Å². The van der Waals surface area contributed by atoms with E-state index in [4.69, 9.17) is 9.52 Å². The van der Waals surface area contributed by atoms with Gasteiger partial charge in [-0.3, -0.25) is 0 Å². The first-order valence-corrected chi connectivity index (χ1v) is 4.85. The molecule has 0 amide bonds. The Morgan fingerprint density at radius 2 is 2.00 bits per heavy atom. The quantitative estimate of drug-likeness (QED) is 0.783. The molecule has 1 aliphatic heterocycles. The van der Waals surface area contributed by atoms with Crippen molar-refractivity contribution in [2.24, 2.45) is 0 Å².